The van der Waals surface area contributed by atoms with Crippen LogP contribution in [0.1, 0.15) is 12.8 Å². The third kappa shape index (κ3) is 5.36. The maximum atomic E-state index is 12.3. The van der Waals surface area contributed by atoms with Crippen molar-refractivity contribution in [1.29, 1.82) is 0 Å². The van der Waals surface area contributed by atoms with E-state index in [-0.39, 0.29) is 17.5 Å². The Bertz CT molecular complexity index is 1240. The Morgan fingerprint density at radius 3 is 2.39 bits per heavy atom. The van der Waals surface area contributed by atoms with Crippen molar-refractivity contribution in [3.05, 3.63) is 77.1 Å². The summed E-state index contributed by atoms with van der Waals surface area (Å²) in [6, 6.07) is 18.3. The van der Waals surface area contributed by atoms with Crippen LogP contribution in [-0.4, -0.2) is 30.1 Å². The number of sulfonamides is 1. The van der Waals surface area contributed by atoms with E-state index < -0.39 is 21.5 Å². The summed E-state index contributed by atoms with van der Waals surface area (Å²) in [5.41, 5.74) is 6.70. The topological polar surface area (TPSA) is 122 Å². The van der Waals surface area contributed by atoms with Crippen molar-refractivity contribution in [2.45, 2.75) is 30.3 Å². The zero-order valence-corrected chi connectivity index (χ0v) is 17.3. The Morgan fingerprint density at radius 2 is 1.71 bits per heavy atom. The van der Waals surface area contributed by atoms with Gasteiger partial charge in [-0.3, -0.25) is 20.4 Å². The SMILES string of the molecule is O=C(Cn1nc(-c2ccccc2)ccc1=O)NNc1ccc(S(=O)(=O)NC2CC2)cc1. The Labute approximate surface area is 179 Å². The number of hydrogen-bond donors (Lipinski definition) is 3. The molecule has 3 N–H and O–H groups in total. The van der Waals surface area contributed by atoms with Gasteiger partial charge in [-0.1, -0.05) is 30.3 Å². The molecular weight excluding hydrogens is 418 g/mol. The highest BCUT2D eigenvalue weighted by Crippen LogP contribution is 2.22. The fraction of sp³-hybridized carbons (Fsp3) is 0.190. The Hall–Kier alpha value is -3.50. The molecule has 1 aliphatic carbocycles. The standard InChI is InChI=1S/C21H21N5O4S/c27-20(14-26-21(28)13-12-19(24-26)15-4-2-1-3-5-15)23-22-16-8-10-18(11-9-16)31(29,30)25-17-6-7-17/h1-5,8-13,17,22,25H,6-7,14H2,(H,23,27). The van der Waals surface area contributed by atoms with Gasteiger partial charge in [0.2, 0.25) is 10.0 Å². The second kappa shape index (κ2) is 8.70. The summed E-state index contributed by atoms with van der Waals surface area (Å²) in [6.45, 7) is -0.274. The fourth-order valence-electron chi connectivity index (χ4n) is 2.85. The molecule has 2 aromatic carbocycles. The molecule has 0 spiro atoms. The zero-order chi connectivity index (χ0) is 21.8. The van der Waals surface area contributed by atoms with E-state index in [1.54, 1.807) is 18.2 Å². The van der Waals surface area contributed by atoms with E-state index in [2.05, 4.69) is 20.7 Å². The molecule has 1 amide bonds. The third-order valence-electron chi connectivity index (χ3n) is 4.64. The number of carbonyl (C=O) groups is 1. The summed E-state index contributed by atoms with van der Waals surface area (Å²) in [5.74, 6) is -0.480. The van der Waals surface area contributed by atoms with Gasteiger partial charge in [-0.25, -0.2) is 17.8 Å². The van der Waals surface area contributed by atoms with Gasteiger partial charge in [0.25, 0.3) is 11.5 Å². The summed E-state index contributed by atoms with van der Waals surface area (Å²) in [4.78, 5) is 24.5. The molecule has 0 bridgehead atoms. The smallest absolute Gasteiger partial charge is 0.267 e. The van der Waals surface area contributed by atoms with Crippen LogP contribution in [-0.2, 0) is 21.4 Å². The van der Waals surface area contributed by atoms with Crippen LogP contribution in [0, 0.1) is 0 Å². The molecule has 1 aliphatic rings. The molecule has 0 saturated heterocycles. The molecule has 31 heavy (non-hydrogen) atoms. The number of anilines is 1. The van der Waals surface area contributed by atoms with Gasteiger partial charge in [0.1, 0.15) is 6.54 Å². The predicted octanol–water partition coefficient (Wildman–Crippen LogP) is 1.49. The normalized spacial score (nSPS) is 13.5. The van der Waals surface area contributed by atoms with Crippen LogP contribution in [0.5, 0.6) is 0 Å². The largest absolute Gasteiger partial charge is 0.299 e. The lowest BCUT2D eigenvalue weighted by molar-refractivity contribution is -0.121. The van der Waals surface area contributed by atoms with Gasteiger partial charge in [0, 0.05) is 17.7 Å². The second-order valence-corrected chi connectivity index (χ2v) is 8.89. The predicted molar refractivity (Wildman–Crippen MR) is 115 cm³/mol. The number of carbonyl (C=O) groups excluding carboxylic acids is 1. The minimum atomic E-state index is -3.53. The van der Waals surface area contributed by atoms with Gasteiger partial charge in [-0.2, -0.15) is 5.10 Å². The van der Waals surface area contributed by atoms with Crippen LogP contribution in [0.25, 0.3) is 11.3 Å². The number of amides is 1. The molecule has 3 aromatic rings. The minimum absolute atomic E-state index is 0.0273. The van der Waals surface area contributed by atoms with Crippen molar-refractivity contribution in [2.75, 3.05) is 5.43 Å². The van der Waals surface area contributed by atoms with Crippen molar-refractivity contribution in [2.24, 2.45) is 0 Å². The van der Waals surface area contributed by atoms with E-state index in [9.17, 15) is 18.0 Å². The van der Waals surface area contributed by atoms with E-state index in [0.29, 0.717) is 11.4 Å². The van der Waals surface area contributed by atoms with Crippen molar-refractivity contribution in [1.82, 2.24) is 19.9 Å². The number of rotatable bonds is 8. The van der Waals surface area contributed by atoms with Crippen LogP contribution in [0.3, 0.4) is 0 Å². The quantitative estimate of drug-likeness (QED) is 0.457. The van der Waals surface area contributed by atoms with Crippen molar-refractivity contribution in [3.8, 4) is 11.3 Å². The highest BCUT2D eigenvalue weighted by molar-refractivity contribution is 7.89. The minimum Gasteiger partial charge on any atom is -0.299 e. The molecule has 4 rings (SSSR count). The lowest BCUT2D eigenvalue weighted by atomic mass is 10.1. The zero-order valence-electron chi connectivity index (χ0n) is 16.5. The first-order valence-electron chi connectivity index (χ1n) is 9.71. The van der Waals surface area contributed by atoms with Crippen LogP contribution in [0.4, 0.5) is 5.69 Å². The molecule has 1 aromatic heterocycles. The molecule has 0 aliphatic heterocycles. The molecule has 0 unspecified atom stereocenters. The van der Waals surface area contributed by atoms with Crippen LogP contribution >= 0.6 is 0 Å². The number of hydrazine groups is 1. The summed E-state index contributed by atoms with van der Waals surface area (Å²) >= 11 is 0. The van der Waals surface area contributed by atoms with Crippen molar-refractivity contribution < 1.29 is 13.2 Å². The first-order valence-corrected chi connectivity index (χ1v) is 11.2. The maximum Gasteiger partial charge on any atom is 0.267 e. The molecule has 9 nitrogen and oxygen atoms in total. The first-order chi connectivity index (χ1) is 14.9. The highest BCUT2D eigenvalue weighted by atomic mass is 32.2. The highest BCUT2D eigenvalue weighted by Gasteiger charge is 2.27. The van der Waals surface area contributed by atoms with Crippen molar-refractivity contribution in [3.63, 3.8) is 0 Å². The van der Waals surface area contributed by atoms with E-state index >= 15 is 0 Å². The molecule has 1 fully saturated rings. The number of aromatic nitrogens is 2. The average Bonchev–Trinajstić information content (AvgIpc) is 3.58. The fourth-order valence-corrected chi connectivity index (χ4v) is 4.15. The van der Waals surface area contributed by atoms with E-state index in [1.165, 1.54) is 18.2 Å². The lowest BCUT2D eigenvalue weighted by Crippen LogP contribution is -2.36. The maximum absolute atomic E-state index is 12.3. The number of nitrogens with zero attached hydrogens (tertiary/aromatic N) is 2. The molecule has 10 heteroatoms. The average molecular weight is 439 g/mol. The third-order valence-corrected chi connectivity index (χ3v) is 6.18. The first kappa shape index (κ1) is 20.8. The molecule has 160 valence electrons. The van der Waals surface area contributed by atoms with Crippen LogP contribution in [0.2, 0.25) is 0 Å². The van der Waals surface area contributed by atoms with E-state index in [0.717, 1.165) is 23.1 Å². The number of nitrogens with one attached hydrogen (secondary N) is 3. The number of hydrogen-bond acceptors (Lipinski definition) is 6. The van der Waals surface area contributed by atoms with E-state index in [1.807, 2.05) is 30.3 Å². The van der Waals surface area contributed by atoms with Gasteiger partial charge >= 0.3 is 0 Å². The van der Waals surface area contributed by atoms with Gasteiger partial charge < -0.3 is 0 Å². The van der Waals surface area contributed by atoms with Crippen LogP contribution < -0.4 is 21.1 Å². The molecule has 0 atom stereocenters. The van der Waals surface area contributed by atoms with Gasteiger partial charge in [-0.15, -0.1) is 0 Å². The molecular formula is C21H21N5O4S. The Balaban J connectivity index is 1.37. The summed E-state index contributed by atoms with van der Waals surface area (Å²) < 4.78 is 28.1. The van der Waals surface area contributed by atoms with Crippen LogP contribution in [0.15, 0.2) is 76.4 Å². The van der Waals surface area contributed by atoms with Crippen molar-refractivity contribution >= 4 is 21.6 Å². The lowest BCUT2D eigenvalue weighted by Gasteiger charge is -2.11. The van der Waals surface area contributed by atoms with Gasteiger partial charge in [0.15, 0.2) is 0 Å². The summed E-state index contributed by atoms with van der Waals surface area (Å²) in [7, 11) is -3.53. The Morgan fingerprint density at radius 1 is 1.00 bits per heavy atom. The van der Waals surface area contributed by atoms with Gasteiger partial charge in [-0.05, 0) is 43.2 Å². The van der Waals surface area contributed by atoms with E-state index in [4.69, 9.17) is 0 Å². The number of benzene rings is 2. The van der Waals surface area contributed by atoms with Gasteiger partial charge in [0.05, 0.1) is 16.3 Å². The second-order valence-electron chi connectivity index (χ2n) is 7.17. The monoisotopic (exact) mass is 439 g/mol. The molecule has 1 saturated carbocycles. The molecule has 1 heterocycles. The Kier molecular flexibility index (Phi) is 5.83. The summed E-state index contributed by atoms with van der Waals surface area (Å²) in [5, 5.41) is 4.25. The summed E-state index contributed by atoms with van der Waals surface area (Å²) in [6.07, 6.45) is 1.72. The molecule has 0 radical (unpaired) electrons.